The molecular formula is C11H17N3OS. The van der Waals surface area contributed by atoms with E-state index in [1.165, 1.54) is 0 Å². The quantitative estimate of drug-likeness (QED) is 0.847. The average Bonchev–Trinajstić information content (AvgIpc) is 2.82. The summed E-state index contributed by atoms with van der Waals surface area (Å²) in [6.07, 6.45) is 0.756. The van der Waals surface area contributed by atoms with E-state index in [4.69, 9.17) is 0 Å². The molecule has 5 heteroatoms. The van der Waals surface area contributed by atoms with E-state index in [1.807, 2.05) is 22.7 Å². The summed E-state index contributed by atoms with van der Waals surface area (Å²) in [5, 5.41) is 5.26. The monoisotopic (exact) mass is 239 g/mol. The van der Waals surface area contributed by atoms with Gasteiger partial charge >= 0.3 is 0 Å². The summed E-state index contributed by atoms with van der Waals surface area (Å²) in [6.45, 7) is 5.48. The first-order chi connectivity index (χ1) is 7.77. The molecule has 0 saturated carbocycles. The molecule has 1 aliphatic rings. The summed E-state index contributed by atoms with van der Waals surface area (Å²) in [5.41, 5.74) is 2.85. The van der Waals surface area contributed by atoms with E-state index in [1.54, 1.807) is 11.3 Å². The second kappa shape index (κ2) is 5.41. The molecule has 1 atom stereocenters. The van der Waals surface area contributed by atoms with Gasteiger partial charge in [-0.3, -0.25) is 4.79 Å². The molecule has 1 saturated heterocycles. The van der Waals surface area contributed by atoms with Gasteiger partial charge in [0.05, 0.1) is 11.2 Å². The van der Waals surface area contributed by atoms with Crippen molar-refractivity contribution in [2.24, 2.45) is 5.92 Å². The highest BCUT2D eigenvalue weighted by Crippen LogP contribution is 2.12. The van der Waals surface area contributed by atoms with Crippen molar-refractivity contribution in [1.82, 2.24) is 15.2 Å². The fraction of sp³-hybridized carbons (Fsp3) is 0.636. The number of rotatable bonds is 3. The lowest BCUT2D eigenvalue weighted by molar-refractivity contribution is -0.135. The van der Waals surface area contributed by atoms with Crippen LogP contribution in [0.1, 0.15) is 12.6 Å². The molecule has 4 nitrogen and oxygen atoms in total. The van der Waals surface area contributed by atoms with Gasteiger partial charge in [-0.25, -0.2) is 4.98 Å². The van der Waals surface area contributed by atoms with Gasteiger partial charge in [0.25, 0.3) is 0 Å². The van der Waals surface area contributed by atoms with Crippen LogP contribution in [0.4, 0.5) is 0 Å². The van der Waals surface area contributed by atoms with E-state index in [-0.39, 0.29) is 11.8 Å². The zero-order chi connectivity index (χ0) is 11.4. The number of piperazine rings is 1. The van der Waals surface area contributed by atoms with E-state index >= 15 is 0 Å². The molecule has 1 aromatic heterocycles. The third-order valence-corrected chi connectivity index (χ3v) is 3.48. The number of nitrogens with zero attached hydrogens (tertiary/aromatic N) is 2. The van der Waals surface area contributed by atoms with Gasteiger partial charge in [-0.2, -0.15) is 0 Å². The number of hydrogen-bond donors (Lipinski definition) is 1. The maximum Gasteiger partial charge on any atom is 0.225 e. The van der Waals surface area contributed by atoms with Crippen LogP contribution >= 0.6 is 11.3 Å². The molecule has 1 aromatic rings. The van der Waals surface area contributed by atoms with Gasteiger partial charge < -0.3 is 10.2 Å². The molecule has 1 unspecified atom stereocenters. The first-order valence-corrected chi connectivity index (χ1v) is 6.58. The van der Waals surface area contributed by atoms with Crippen molar-refractivity contribution >= 4 is 17.2 Å². The third kappa shape index (κ3) is 2.80. The lowest BCUT2D eigenvalue weighted by Crippen LogP contribution is -2.48. The molecule has 1 fully saturated rings. The molecule has 1 amide bonds. The van der Waals surface area contributed by atoms with Gasteiger partial charge in [-0.1, -0.05) is 6.92 Å². The molecule has 1 aliphatic heterocycles. The molecular weight excluding hydrogens is 222 g/mol. The Bertz CT molecular complexity index is 333. The van der Waals surface area contributed by atoms with Crippen molar-refractivity contribution in [1.29, 1.82) is 0 Å². The van der Waals surface area contributed by atoms with Crippen LogP contribution in [0, 0.1) is 5.92 Å². The Morgan fingerprint density at radius 3 is 3.00 bits per heavy atom. The molecule has 16 heavy (non-hydrogen) atoms. The van der Waals surface area contributed by atoms with Crippen LogP contribution in [-0.4, -0.2) is 42.0 Å². The minimum absolute atomic E-state index is 0.0419. The maximum atomic E-state index is 12.1. The summed E-state index contributed by atoms with van der Waals surface area (Å²) >= 11 is 1.58. The van der Waals surface area contributed by atoms with Gasteiger partial charge in [0.15, 0.2) is 0 Å². The Labute approximate surface area is 99.7 Å². The lowest BCUT2D eigenvalue weighted by atomic mass is 10.0. The van der Waals surface area contributed by atoms with Gasteiger partial charge in [-0.05, 0) is 0 Å². The number of carbonyl (C=O) groups excluding carboxylic acids is 1. The van der Waals surface area contributed by atoms with Crippen molar-refractivity contribution < 1.29 is 4.79 Å². The van der Waals surface area contributed by atoms with Crippen molar-refractivity contribution in [3.05, 3.63) is 16.6 Å². The third-order valence-electron chi connectivity index (χ3n) is 2.85. The molecule has 0 bridgehead atoms. The van der Waals surface area contributed by atoms with Crippen molar-refractivity contribution in [3.8, 4) is 0 Å². The second-order valence-electron chi connectivity index (χ2n) is 4.16. The Kier molecular flexibility index (Phi) is 3.90. The standard InChI is InChI=1S/C11H17N3OS/c1-9(6-10-7-16-8-13-10)11(15)14-4-2-12-3-5-14/h7-9,12H,2-6H2,1H3. The summed E-state index contributed by atoms with van der Waals surface area (Å²) in [5.74, 6) is 0.301. The summed E-state index contributed by atoms with van der Waals surface area (Å²) < 4.78 is 0. The zero-order valence-corrected chi connectivity index (χ0v) is 10.3. The van der Waals surface area contributed by atoms with Gasteiger partial charge in [-0.15, -0.1) is 11.3 Å². The number of hydrogen-bond acceptors (Lipinski definition) is 4. The Morgan fingerprint density at radius 2 is 2.38 bits per heavy atom. The van der Waals surface area contributed by atoms with Gasteiger partial charge in [0.1, 0.15) is 0 Å². The number of thiazole rings is 1. The first kappa shape index (κ1) is 11.5. The van der Waals surface area contributed by atoms with Crippen LogP contribution in [0.2, 0.25) is 0 Å². The SMILES string of the molecule is CC(Cc1cscn1)C(=O)N1CCNCC1. The summed E-state index contributed by atoms with van der Waals surface area (Å²) in [6, 6.07) is 0. The molecule has 0 radical (unpaired) electrons. The minimum atomic E-state index is 0.0419. The molecule has 2 heterocycles. The van der Waals surface area contributed by atoms with Crippen LogP contribution in [-0.2, 0) is 11.2 Å². The van der Waals surface area contributed by atoms with Crippen LogP contribution < -0.4 is 5.32 Å². The van der Waals surface area contributed by atoms with Crippen LogP contribution in [0.5, 0.6) is 0 Å². The van der Waals surface area contributed by atoms with E-state index < -0.39 is 0 Å². The van der Waals surface area contributed by atoms with E-state index in [0.29, 0.717) is 0 Å². The van der Waals surface area contributed by atoms with Crippen LogP contribution in [0.3, 0.4) is 0 Å². The maximum absolute atomic E-state index is 12.1. The van der Waals surface area contributed by atoms with Gasteiger partial charge in [0.2, 0.25) is 5.91 Å². The molecule has 0 aliphatic carbocycles. The van der Waals surface area contributed by atoms with Crippen LogP contribution in [0.15, 0.2) is 10.9 Å². The Balaban J connectivity index is 1.88. The van der Waals surface area contributed by atoms with E-state index in [0.717, 1.165) is 38.3 Å². The average molecular weight is 239 g/mol. The van der Waals surface area contributed by atoms with Gasteiger partial charge in [0, 0.05) is 43.9 Å². The predicted molar refractivity (Wildman–Crippen MR) is 64.4 cm³/mol. The highest BCUT2D eigenvalue weighted by molar-refractivity contribution is 7.07. The molecule has 88 valence electrons. The fourth-order valence-corrected chi connectivity index (χ4v) is 2.51. The van der Waals surface area contributed by atoms with Crippen molar-refractivity contribution in [3.63, 3.8) is 0 Å². The molecule has 0 spiro atoms. The molecule has 1 N–H and O–H groups in total. The molecule has 2 rings (SSSR count). The van der Waals surface area contributed by atoms with E-state index in [9.17, 15) is 4.79 Å². The first-order valence-electron chi connectivity index (χ1n) is 5.64. The number of amides is 1. The zero-order valence-electron chi connectivity index (χ0n) is 9.48. The minimum Gasteiger partial charge on any atom is -0.340 e. The smallest absolute Gasteiger partial charge is 0.225 e. The predicted octanol–water partition coefficient (Wildman–Crippen LogP) is 0.753. The number of carbonyl (C=O) groups is 1. The normalized spacial score (nSPS) is 18.4. The highest BCUT2D eigenvalue weighted by Gasteiger charge is 2.22. The van der Waals surface area contributed by atoms with Crippen molar-refractivity contribution in [2.75, 3.05) is 26.2 Å². The highest BCUT2D eigenvalue weighted by atomic mass is 32.1. The fourth-order valence-electron chi connectivity index (χ4n) is 1.94. The lowest BCUT2D eigenvalue weighted by Gasteiger charge is -2.29. The van der Waals surface area contributed by atoms with Crippen LogP contribution in [0.25, 0.3) is 0 Å². The summed E-state index contributed by atoms with van der Waals surface area (Å²) in [7, 11) is 0. The van der Waals surface area contributed by atoms with Crippen molar-refractivity contribution in [2.45, 2.75) is 13.3 Å². The summed E-state index contributed by atoms with van der Waals surface area (Å²) in [4.78, 5) is 18.3. The largest absolute Gasteiger partial charge is 0.340 e. The Hall–Kier alpha value is -0.940. The molecule has 0 aromatic carbocycles. The second-order valence-corrected chi connectivity index (χ2v) is 4.88. The number of aromatic nitrogens is 1. The number of nitrogens with one attached hydrogen (secondary N) is 1. The Morgan fingerprint density at radius 1 is 1.62 bits per heavy atom. The van der Waals surface area contributed by atoms with E-state index in [2.05, 4.69) is 10.3 Å². The topological polar surface area (TPSA) is 45.2 Å².